The molecule has 0 aromatic heterocycles. The van der Waals surface area contributed by atoms with Crippen molar-refractivity contribution in [3.8, 4) is 0 Å². The van der Waals surface area contributed by atoms with Crippen molar-refractivity contribution >= 4 is 11.9 Å². The zero-order valence-electron chi connectivity index (χ0n) is 10.3. The number of methoxy groups -OCH3 is 1. The number of rotatable bonds is 4. The van der Waals surface area contributed by atoms with Gasteiger partial charge in [-0.15, -0.1) is 0 Å². The predicted molar refractivity (Wildman–Crippen MR) is 57.2 cm³/mol. The Morgan fingerprint density at radius 2 is 1.88 bits per heavy atom. The van der Waals surface area contributed by atoms with Crippen LogP contribution in [0.3, 0.4) is 0 Å². The molecule has 1 aliphatic carbocycles. The molecule has 16 heavy (non-hydrogen) atoms. The van der Waals surface area contributed by atoms with E-state index in [9.17, 15) is 9.59 Å². The molecule has 0 radical (unpaired) electrons. The fourth-order valence-corrected chi connectivity index (χ4v) is 1.17. The highest BCUT2D eigenvalue weighted by Gasteiger charge is 2.51. The average Bonchev–Trinajstić information content (AvgIpc) is 2.96. The second-order valence-electron chi connectivity index (χ2n) is 5.24. The van der Waals surface area contributed by atoms with Gasteiger partial charge in [-0.05, 0) is 12.8 Å². The van der Waals surface area contributed by atoms with Crippen molar-refractivity contribution in [1.82, 2.24) is 5.48 Å². The van der Waals surface area contributed by atoms with Crippen molar-refractivity contribution < 1.29 is 19.2 Å². The number of carbonyl (C=O) groups is 2. The van der Waals surface area contributed by atoms with Gasteiger partial charge in [0.15, 0.2) is 0 Å². The van der Waals surface area contributed by atoms with Gasteiger partial charge in [-0.1, -0.05) is 20.8 Å². The molecule has 0 saturated heterocycles. The Bertz CT molecular complexity index is 289. The molecule has 1 rings (SSSR count). The average molecular weight is 229 g/mol. The van der Waals surface area contributed by atoms with Gasteiger partial charge < -0.3 is 4.74 Å². The Morgan fingerprint density at radius 1 is 1.31 bits per heavy atom. The highest BCUT2D eigenvalue weighted by molar-refractivity contribution is 5.81. The molecule has 0 bridgehead atoms. The Morgan fingerprint density at radius 3 is 2.25 bits per heavy atom. The standard InChI is InChI=1S/C11H19NO4/c1-10(2,3)8(13)12-16-7-11(5-6-11)9(14)15-4/h5-7H2,1-4H3,(H,12,13). The number of ether oxygens (including phenoxy) is 1. The van der Waals surface area contributed by atoms with E-state index in [0.29, 0.717) is 0 Å². The van der Waals surface area contributed by atoms with Gasteiger partial charge in [-0.2, -0.15) is 0 Å². The van der Waals surface area contributed by atoms with Crippen LogP contribution in [0.1, 0.15) is 33.6 Å². The second-order valence-corrected chi connectivity index (χ2v) is 5.24. The predicted octanol–water partition coefficient (Wildman–Crippen LogP) is 1.03. The lowest BCUT2D eigenvalue weighted by Gasteiger charge is -2.18. The molecule has 1 amide bonds. The van der Waals surface area contributed by atoms with E-state index in [-0.39, 0.29) is 18.5 Å². The van der Waals surface area contributed by atoms with Crippen LogP contribution in [0.4, 0.5) is 0 Å². The first-order chi connectivity index (χ1) is 7.32. The lowest BCUT2D eigenvalue weighted by molar-refractivity contribution is -0.155. The van der Waals surface area contributed by atoms with Gasteiger partial charge in [-0.25, -0.2) is 5.48 Å². The minimum Gasteiger partial charge on any atom is -0.469 e. The van der Waals surface area contributed by atoms with Gasteiger partial charge in [0.05, 0.1) is 19.1 Å². The van der Waals surface area contributed by atoms with Gasteiger partial charge >= 0.3 is 5.97 Å². The van der Waals surface area contributed by atoms with Crippen molar-refractivity contribution in [1.29, 1.82) is 0 Å². The maximum Gasteiger partial charge on any atom is 0.314 e. The monoisotopic (exact) mass is 229 g/mol. The first-order valence-corrected chi connectivity index (χ1v) is 5.32. The van der Waals surface area contributed by atoms with Crippen molar-refractivity contribution in [2.24, 2.45) is 10.8 Å². The van der Waals surface area contributed by atoms with Crippen LogP contribution in [0.25, 0.3) is 0 Å². The van der Waals surface area contributed by atoms with E-state index in [2.05, 4.69) is 10.2 Å². The molecular formula is C11H19NO4. The topological polar surface area (TPSA) is 64.6 Å². The summed E-state index contributed by atoms with van der Waals surface area (Å²) in [5.74, 6) is -0.467. The van der Waals surface area contributed by atoms with Crippen LogP contribution >= 0.6 is 0 Å². The van der Waals surface area contributed by atoms with Crippen molar-refractivity contribution in [2.45, 2.75) is 33.6 Å². The first-order valence-electron chi connectivity index (χ1n) is 5.32. The smallest absolute Gasteiger partial charge is 0.314 e. The highest BCUT2D eigenvalue weighted by Crippen LogP contribution is 2.46. The Hall–Kier alpha value is -1.10. The van der Waals surface area contributed by atoms with Crippen molar-refractivity contribution in [2.75, 3.05) is 13.7 Å². The summed E-state index contributed by atoms with van der Waals surface area (Å²) in [6, 6.07) is 0. The van der Waals surface area contributed by atoms with E-state index in [1.165, 1.54) is 7.11 Å². The highest BCUT2D eigenvalue weighted by atomic mass is 16.7. The number of nitrogens with one attached hydrogen (secondary N) is 1. The molecule has 0 heterocycles. The molecule has 0 spiro atoms. The lowest BCUT2D eigenvalue weighted by Crippen LogP contribution is -2.37. The summed E-state index contributed by atoms with van der Waals surface area (Å²) in [7, 11) is 1.36. The quantitative estimate of drug-likeness (QED) is 0.577. The number of hydroxylamine groups is 1. The van der Waals surface area contributed by atoms with Gasteiger partial charge in [0.1, 0.15) is 0 Å². The van der Waals surface area contributed by atoms with E-state index in [4.69, 9.17) is 4.84 Å². The Labute approximate surface area is 95.4 Å². The summed E-state index contributed by atoms with van der Waals surface area (Å²) < 4.78 is 4.67. The molecule has 0 aromatic carbocycles. The number of amides is 1. The van der Waals surface area contributed by atoms with E-state index in [0.717, 1.165) is 12.8 Å². The molecule has 0 unspecified atom stereocenters. The summed E-state index contributed by atoms with van der Waals surface area (Å²) >= 11 is 0. The van der Waals surface area contributed by atoms with Crippen LogP contribution in [0, 0.1) is 10.8 Å². The van der Waals surface area contributed by atoms with E-state index >= 15 is 0 Å². The molecule has 1 saturated carbocycles. The van der Waals surface area contributed by atoms with Gasteiger partial charge in [0, 0.05) is 5.41 Å². The van der Waals surface area contributed by atoms with Crippen LogP contribution in [0.15, 0.2) is 0 Å². The third-order valence-corrected chi connectivity index (χ3v) is 2.67. The van der Waals surface area contributed by atoms with E-state index in [1.807, 2.05) is 0 Å². The second kappa shape index (κ2) is 4.41. The van der Waals surface area contributed by atoms with Crippen LogP contribution in [0.2, 0.25) is 0 Å². The Kier molecular flexibility index (Phi) is 3.57. The summed E-state index contributed by atoms with van der Waals surface area (Å²) in [6.07, 6.45) is 1.51. The zero-order valence-corrected chi connectivity index (χ0v) is 10.3. The number of hydrogen-bond donors (Lipinski definition) is 1. The van der Waals surface area contributed by atoms with Gasteiger partial charge in [0.2, 0.25) is 5.91 Å². The first kappa shape index (κ1) is 13.0. The number of carbonyl (C=O) groups excluding carboxylic acids is 2. The molecule has 92 valence electrons. The SMILES string of the molecule is COC(=O)C1(CONC(=O)C(C)(C)C)CC1. The maximum atomic E-state index is 11.5. The minimum atomic E-state index is -0.528. The third kappa shape index (κ3) is 2.95. The molecule has 1 fully saturated rings. The van der Waals surface area contributed by atoms with E-state index < -0.39 is 10.8 Å². The van der Waals surface area contributed by atoms with Crippen LogP contribution in [-0.4, -0.2) is 25.6 Å². The van der Waals surface area contributed by atoms with Crippen molar-refractivity contribution in [3.05, 3.63) is 0 Å². The molecule has 1 aliphatic rings. The zero-order chi connectivity index (χ0) is 12.4. The van der Waals surface area contributed by atoms with Gasteiger partial charge in [-0.3, -0.25) is 14.4 Å². The van der Waals surface area contributed by atoms with Crippen LogP contribution < -0.4 is 5.48 Å². The minimum absolute atomic E-state index is 0.182. The fraction of sp³-hybridized carbons (Fsp3) is 0.818. The maximum absolute atomic E-state index is 11.5. The van der Waals surface area contributed by atoms with Gasteiger partial charge in [0.25, 0.3) is 0 Å². The molecule has 0 aliphatic heterocycles. The normalized spacial score (nSPS) is 17.8. The summed E-state index contributed by atoms with van der Waals surface area (Å²) in [6.45, 7) is 5.55. The largest absolute Gasteiger partial charge is 0.469 e. The van der Waals surface area contributed by atoms with Crippen LogP contribution in [0.5, 0.6) is 0 Å². The number of hydrogen-bond acceptors (Lipinski definition) is 4. The fourth-order valence-electron chi connectivity index (χ4n) is 1.17. The molecule has 0 aromatic rings. The Balaban J connectivity index is 2.32. The molecule has 0 atom stereocenters. The number of esters is 1. The van der Waals surface area contributed by atoms with Crippen molar-refractivity contribution in [3.63, 3.8) is 0 Å². The summed E-state index contributed by atoms with van der Waals surface area (Å²) in [5, 5.41) is 0. The molecule has 5 heteroatoms. The summed E-state index contributed by atoms with van der Waals surface area (Å²) in [4.78, 5) is 27.9. The lowest BCUT2D eigenvalue weighted by atomic mass is 9.96. The molecule has 1 N–H and O–H groups in total. The summed E-state index contributed by atoms with van der Waals surface area (Å²) in [5.41, 5.74) is 1.33. The molecule has 5 nitrogen and oxygen atoms in total. The molecular weight excluding hydrogens is 210 g/mol. The third-order valence-electron chi connectivity index (χ3n) is 2.67. The van der Waals surface area contributed by atoms with E-state index in [1.54, 1.807) is 20.8 Å². The van der Waals surface area contributed by atoms with Crippen LogP contribution in [-0.2, 0) is 19.2 Å².